The zero-order valence-electron chi connectivity index (χ0n) is 16.9. The van der Waals surface area contributed by atoms with E-state index >= 15 is 0 Å². The second-order valence-electron chi connectivity index (χ2n) is 7.98. The van der Waals surface area contributed by atoms with Crippen molar-refractivity contribution in [2.75, 3.05) is 4.90 Å². The molecular formula is C21H23N3OS3. The van der Waals surface area contributed by atoms with Gasteiger partial charge in [0.05, 0.1) is 21.8 Å². The largest absolute Gasteiger partial charge is 0.300 e. The number of aromatic nitrogens is 2. The fourth-order valence-corrected chi connectivity index (χ4v) is 7.25. The lowest BCUT2D eigenvalue weighted by atomic mass is 9.86. The lowest BCUT2D eigenvalue weighted by molar-refractivity contribution is -0.120. The molecular weight excluding hydrogens is 406 g/mol. The van der Waals surface area contributed by atoms with Gasteiger partial charge in [-0.2, -0.15) is 5.10 Å². The summed E-state index contributed by atoms with van der Waals surface area (Å²) in [6.45, 7) is 12.6. The van der Waals surface area contributed by atoms with E-state index in [9.17, 15) is 4.79 Å². The molecule has 1 amide bonds. The quantitative estimate of drug-likeness (QED) is 0.375. The van der Waals surface area contributed by atoms with Crippen molar-refractivity contribution >= 4 is 44.5 Å². The summed E-state index contributed by atoms with van der Waals surface area (Å²) in [5, 5.41) is 4.49. The first-order valence-corrected chi connectivity index (χ1v) is 11.8. The molecule has 1 aliphatic heterocycles. The Hall–Kier alpha value is -1.83. The summed E-state index contributed by atoms with van der Waals surface area (Å²) in [5.41, 5.74) is 6.98. The molecule has 3 aromatic rings. The maximum atomic E-state index is 13.6. The number of hydrogen-bond acceptors (Lipinski definition) is 5. The van der Waals surface area contributed by atoms with Crippen LogP contribution in [0.3, 0.4) is 0 Å². The van der Waals surface area contributed by atoms with Crippen LogP contribution in [0.5, 0.6) is 0 Å². The van der Waals surface area contributed by atoms with Crippen molar-refractivity contribution in [1.82, 2.24) is 9.78 Å². The van der Waals surface area contributed by atoms with Gasteiger partial charge in [0.1, 0.15) is 10.4 Å². The van der Waals surface area contributed by atoms with Crippen LogP contribution in [-0.2, 0) is 16.9 Å². The van der Waals surface area contributed by atoms with E-state index in [0.717, 1.165) is 32.0 Å². The first kappa shape index (κ1) is 19.5. The van der Waals surface area contributed by atoms with Gasteiger partial charge in [-0.15, -0.1) is 0 Å². The molecule has 0 saturated heterocycles. The third-order valence-corrected chi connectivity index (χ3v) is 8.84. The monoisotopic (exact) mass is 429 g/mol. The summed E-state index contributed by atoms with van der Waals surface area (Å²) in [4.78, 5) is 16.7. The summed E-state index contributed by atoms with van der Waals surface area (Å²) in [5.74, 6) is 0.0377. The van der Waals surface area contributed by atoms with E-state index in [2.05, 4.69) is 44.9 Å². The van der Waals surface area contributed by atoms with E-state index in [4.69, 9.17) is 12.2 Å². The Morgan fingerprint density at radius 1 is 1.11 bits per heavy atom. The van der Waals surface area contributed by atoms with Gasteiger partial charge >= 0.3 is 0 Å². The third-order valence-electron chi connectivity index (χ3n) is 5.51. The Labute approximate surface area is 177 Å². The molecule has 4 rings (SSSR count). The second-order valence-corrected chi connectivity index (χ2v) is 10.8. The van der Waals surface area contributed by atoms with E-state index in [1.807, 2.05) is 24.8 Å². The van der Waals surface area contributed by atoms with Gasteiger partial charge in [-0.05, 0) is 70.9 Å². The van der Waals surface area contributed by atoms with Gasteiger partial charge in [-0.1, -0.05) is 32.9 Å². The predicted molar refractivity (Wildman–Crippen MR) is 120 cm³/mol. The highest BCUT2D eigenvalue weighted by molar-refractivity contribution is 7.80. The molecule has 146 valence electrons. The minimum atomic E-state index is -0.463. The van der Waals surface area contributed by atoms with Crippen LogP contribution in [0.25, 0.3) is 11.1 Å². The molecule has 1 aromatic carbocycles. The number of amides is 1. The van der Waals surface area contributed by atoms with Gasteiger partial charge in [0.25, 0.3) is 0 Å². The molecule has 0 unspecified atom stereocenters. The van der Waals surface area contributed by atoms with Crippen LogP contribution in [0.1, 0.15) is 41.2 Å². The molecule has 0 N–H and O–H groups in total. The highest BCUT2D eigenvalue weighted by atomic mass is 32.9. The minimum Gasteiger partial charge on any atom is -0.300 e. The van der Waals surface area contributed by atoms with Gasteiger partial charge in [0.15, 0.2) is 0 Å². The molecule has 1 aliphatic rings. The summed E-state index contributed by atoms with van der Waals surface area (Å²) in [6.07, 6.45) is 0. The molecule has 0 aliphatic carbocycles. The molecule has 0 radical (unpaired) electrons. The fourth-order valence-electron chi connectivity index (χ4n) is 3.96. The molecule has 7 heteroatoms. The summed E-state index contributed by atoms with van der Waals surface area (Å²) >= 11 is 5.67. The number of aryl methyl sites for hydroxylation is 4. The average molecular weight is 430 g/mol. The zero-order valence-corrected chi connectivity index (χ0v) is 19.4. The van der Waals surface area contributed by atoms with E-state index in [1.165, 1.54) is 16.0 Å². The van der Waals surface area contributed by atoms with Gasteiger partial charge in [-0.25, -0.2) is 0 Å². The Balaban J connectivity index is 1.90. The smallest absolute Gasteiger partial charge is 0.249 e. The van der Waals surface area contributed by atoms with Crippen LogP contribution in [0.2, 0.25) is 0 Å². The Morgan fingerprint density at radius 2 is 1.79 bits per heavy atom. The van der Waals surface area contributed by atoms with Crippen molar-refractivity contribution in [3.05, 3.63) is 49.4 Å². The maximum absolute atomic E-state index is 13.6. The molecule has 28 heavy (non-hydrogen) atoms. The number of benzene rings is 1. The lowest BCUT2D eigenvalue weighted by Crippen LogP contribution is -2.49. The number of nitrogens with zero attached hydrogens (tertiary/aromatic N) is 3. The van der Waals surface area contributed by atoms with Crippen molar-refractivity contribution in [2.45, 2.75) is 53.6 Å². The maximum Gasteiger partial charge on any atom is 0.249 e. The molecule has 0 atom stereocenters. The minimum absolute atomic E-state index is 0.0377. The first-order chi connectivity index (χ1) is 13.1. The lowest BCUT2D eigenvalue weighted by Gasteiger charge is -2.43. The van der Waals surface area contributed by atoms with Crippen molar-refractivity contribution in [3.63, 3.8) is 0 Å². The topological polar surface area (TPSA) is 38.1 Å². The van der Waals surface area contributed by atoms with Gasteiger partial charge in [-0.3, -0.25) is 14.4 Å². The Bertz CT molecular complexity index is 1170. The standard InChI is InChI=1S/C21H23N3OS3/c1-11-7-15-16(8-12(11)2)24(17(25)10-23-14(4)9-13(3)22-23)21(5,6)19-18(15)20(26)28-27-19/h7-9H,10H2,1-6H3. The van der Waals surface area contributed by atoms with Crippen LogP contribution in [0.15, 0.2) is 18.2 Å². The third kappa shape index (κ3) is 2.88. The summed E-state index contributed by atoms with van der Waals surface area (Å²) < 4.78 is 2.70. The molecule has 0 spiro atoms. The van der Waals surface area contributed by atoms with Crippen molar-refractivity contribution < 1.29 is 4.79 Å². The molecule has 3 heterocycles. The molecule has 2 aromatic heterocycles. The Morgan fingerprint density at radius 3 is 2.43 bits per heavy atom. The number of rotatable bonds is 2. The normalized spacial score (nSPS) is 14.7. The Kier molecular flexibility index (Phi) is 4.60. The highest BCUT2D eigenvalue weighted by Crippen LogP contribution is 2.52. The van der Waals surface area contributed by atoms with Crippen LogP contribution in [0, 0.1) is 31.5 Å². The summed E-state index contributed by atoms with van der Waals surface area (Å²) in [6, 6.07) is 6.31. The summed E-state index contributed by atoms with van der Waals surface area (Å²) in [7, 11) is 3.31. The van der Waals surface area contributed by atoms with Crippen molar-refractivity contribution in [2.24, 2.45) is 0 Å². The fraction of sp³-hybridized carbons (Fsp3) is 0.381. The number of carbonyl (C=O) groups excluding carboxylic acids is 1. The number of anilines is 1. The van der Waals surface area contributed by atoms with Crippen LogP contribution >= 0.6 is 32.9 Å². The SMILES string of the molecule is Cc1cc(C)n(CC(=O)N2c3cc(C)c(C)cc3-c3c(ssc3=S)C2(C)C)n1. The molecule has 4 nitrogen and oxygen atoms in total. The van der Waals surface area contributed by atoms with Crippen LogP contribution < -0.4 is 4.90 Å². The van der Waals surface area contributed by atoms with E-state index < -0.39 is 5.54 Å². The van der Waals surface area contributed by atoms with Gasteiger partial charge in [0, 0.05) is 16.8 Å². The number of fused-ring (bicyclic) bond motifs is 3. The van der Waals surface area contributed by atoms with E-state index in [0.29, 0.717) is 0 Å². The van der Waals surface area contributed by atoms with Crippen LogP contribution in [0.4, 0.5) is 5.69 Å². The predicted octanol–water partition coefficient (Wildman–Crippen LogP) is 5.92. The zero-order chi connectivity index (χ0) is 20.4. The second kappa shape index (κ2) is 6.61. The highest BCUT2D eigenvalue weighted by Gasteiger charge is 2.43. The molecule has 0 fully saturated rings. The van der Waals surface area contributed by atoms with Crippen molar-refractivity contribution in [3.8, 4) is 11.1 Å². The molecule has 0 bridgehead atoms. The van der Waals surface area contributed by atoms with Gasteiger partial charge in [0.2, 0.25) is 5.91 Å². The first-order valence-electron chi connectivity index (χ1n) is 9.20. The number of carbonyl (C=O) groups is 1. The number of hydrogen-bond donors (Lipinski definition) is 0. The van der Waals surface area contributed by atoms with Gasteiger partial charge < -0.3 is 0 Å². The van der Waals surface area contributed by atoms with E-state index in [-0.39, 0.29) is 12.5 Å². The molecule has 0 saturated carbocycles. The average Bonchev–Trinajstić information content (AvgIpc) is 3.12. The van der Waals surface area contributed by atoms with E-state index in [1.54, 1.807) is 25.4 Å². The van der Waals surface area contributed by atoms with Crippen LogP contribution in [-0.4, -0.2) is 15.7 Å². The van der Waals surface area contributed by atoms with Crippen molar-refractivity contribution in [1.29, 1.82) is 0 Å².